The van der Waals surface area contributed by atoms with Crippen LogP contribution in [0.5, 0.6) is 0 Å². The van der Waals surface area contributed by atoms with E-state index in [2.05, 4.69) is 25.7 Å². The Bertz CT molecular complexity index is 492. The van der Waals surface area contributed by atoms with E-state index in [4.69, 9.17) is 0 Å². The molecule has 1 unspecified atom stereocenters. The van der Waals surface area contributed by atoms with E-state index < -0.39 is 0 Å². The maximum absolute atomic E-state index is 9.84. The number of aliphatic hydroxyl groups excluding tert-OH is 2. The Kier molecular flexibility index (Phi) is 38.2. The van der Waals surface area contributed by atoms with Gasteiger partial charge in [0, 0.05) is 0 Å². The Morgan fingerprint density at radius 2 is 0.533 bits per heavy atom. The van der Waals surface area contributed by atoms with Crippen LogP contribution in [0.1, 0.15) is 233 Å². The zero-order valence-corrected chi connectivity index (χ0v) is 31.5. The van der Waals surface area contributed by atoms with Gasteiger partial charge in [0.2, 0.25) is 0 Å². The second-order valence-corrected chi connectivity index (χ2v) is 14.4. The third-order valence-corrected chi connectivity index (χ3v) is 10.2. The highest BCUT2D eigenvalue weighted by Crippen LogP contribution is 2.18. The van der Waals surface area contributed by atoms with Crippen molar-refractivity contribution in [1.29, 1.82) is 0 Å². The summed E-state index contributed by atoms with van der Waals surface area (Å²) in [5, 5.41) is 19.7. The molecule has 0 rings (SSSR count). The summed E-state index contributed by atoms with van der Waals surface area (Å²) in [6.07, 6.45) is 45.9. The lowest BCUT2D eigenvalue weighted by molar-refractivity contribution is -0.0638. The first-order chi connectivity index (χ1) is 22.2. The lowest BCUT2D eigenvalue weighted by atomic mass is 10.0. The van der Waals surface area contributed by atoms with Crippen molar-refractivity contribution in [2.45, 2.75) is 239 Å². The first-order valence-electron chi connectivity index (χ1n) is 20.9. The van der Waals surface area contributed by atoms with Gasteiger partial charge in [-0.2, -0.15) is 0 Å². The molecule has 0 aliphatic heterocycles. The summed E-state index contributed by atoms with van der Waals surface area (Å²) in [4.78, 5) is 4.37. The summed E-state index contributed by atoms with van der Waals surface area (Å²) >= 11 is 0. The van der Waals surface area contributed by atoms with Crippen molar-refractivity contribution in [3.8, 4) is 0 Å². The zero-order valence-electron chi connectivity index (χ0n) is 31.5. The largest absolute Gasteiger partial charge is 0.381 e. The van der Waals surface area contributed by atoms with Crippen LogP contribution in [0.25, 0.3) is 0 Å². The predicted octanol–water partition coefficient (Wildman–Crippen LogP) is 12.7. The van der Waals surface area contributed by atoms with Crippen LogP contribution in [0.2, 0.25) is 0 Å². The van der Waals surface area contributed by atoms with E-state index in [-0.39, 0.29) is 19.6 Å². The maximum atomic E-state index is 9.84. The predicted molar refractivity (Wildman–Crippen MR) is 201 cm³/mol. The van der Waals surface area contributed by atoms with Crippen molar-refractivity contribution in [2.24, 2.45) is 0 Å². The molecule has 0 aromatic rings. The van der Waals surface area contributed by atoms with Gasteiger partial charge in [-0.1, -0.05) is 213 Å². The van der Waals surface area contributed by atoms with Gasteiger partial charge in [-0.3, -0.25) is 4.90 Å². The molecule has 0 aliphatic carbocycles. The van der Waals surface area contributed by atoms with Gasteiger partial charge in [0.05, 0.1) is 19.6 Å². The number of rotatable bonds is 39. The summed E-state index contributed by atoms with van der Waals surface area (Å²) in [5.74, 6) is 0. The van der Waals surface area contributed by atoms with Gasteiger partial charge in [-0.05, 0) is 32.4 Å². The monoisotopic (exact) mass is 639 g/mol. The Morgan fingerprint density at radius 1 is 0.311 bits per heavy atom. The van der Waals surface area contributed by atoms with E-state index in [1.807, 2.05) is 4.90 Å². The van der Waals surface area contributed by atoms with Crippen molar-refractivity contribution < 1.29 is 10.2 Å². The smallest absolute Gasteiger partial charge is 0.0987 e. The molecule has 4 heteroatoms. The highest BCUT2D eigenvalue weighted by molar-refractivity contribution is 4.70. The molecule has 4 nitrogen and oxygen atoms in total. The Balaban J connectivity index is 3.90. The normalized spacial score (nSPS) is 12.6. The van der Waals surface area contributed by atoms with Gasteiger partial charge in [0.15, 0.2) is 0 Å². The molecule has 272 valence electrons. The molecule has 0 heterocycles. The third kappa shape index (κ3) is 30.9. The molecule has 2 N–H and O–H groups in total. The fourth-order valence-corrected chi connectivity index (χ4v) is 7.12. The van der Waals surface area contributed by atoms with Crippen LogP contribution < -0.4 is 0 Å². The van der Waals surface area contributed by atoms with Crippen molar-refractivity contribution in [1.82, 2.24) is 9.80 Å². The van der Waals surface area contributed by atoms with Gasteiger partial charge >= 0.3 is 0 Å². The first kappa shape index (κ1) is 44.8. The molecule has 0 aliphatic rings. The molecular weight excluding hydrogens is 552 g/mol. The number of hydrogen-bond donors (Lipinski definition) is 2. The van der Waals surface area contributed by atoms with Gasteiger partial charge in [-0.25, -0.2) is 4.90 Å². The van der Waals surface area contributed by atoms with Crippen LogP contribution in [0.15, 0.2) is 0 Å². The molecule has 1 atom stereocenters. The fourth-order valence-electron chi connectivity index (χ4n) is 7.12. The molecule has 0 aromatic heterocycles. The quantitative estimate of drug-likeness (QED) is 0.0519. The van der Waals surface area contributed by atoms with Crippen molar-refractivity contribution >= 4 is 0 Å². The van der Waals surface area contributed by atoms with E-state index in [1.165, 1.54) is 205 Å². The van der Waals surface area contributed by atoms with E-state index in [9.17, 15) is 10.2 Å². The second-order valence-electron chi connectivity index (χ2n) is 14.4. The number of nitrogens with zero attached hydrogens (tertiary/aromatic N) is 2. The minimum absolute atomic E-state index is 0.0660. The van der Waals surface area contributed by atoms with Crippen LogP contribution in [-0.2, 0) is 0 Å². The van der Waals surface area contributed by atoms with Crippen LogP contribution >= 0.6 is 0 Å². The molecule has 0 spiro atoms. The van der Waals surface area contributed by atoms with Crippen LogP contribution in [0, 0.1) is 0 Å². The molecule has 0 amide bonds. The van der Waals surface area contributed by atoms with Gasteiger partial charge in [-0.15, -0.1) is 0 Å². The number of unbranched alkanes of at least 4 members (excludes halogenated alkanes) is 30. The van der Waals surface area contributed by atoms with Crippen LogP contribution in [0.4, 0.5) is 0 Å². The molecule has 0 bridgehead atoms. The highest BCUT2D eigenvalue weighted by atomic mass is 16.3. The molecule has 0 saturated carbocycles. The highest BCUT2D eigenvalue weighted by Gasteiger charge is 2.22. The lowest BCUT2D eigenvalue weighted by Gasteiger charge is -2.37. The summed E-state index contributed by atoms with van der Waals surface area (Å²) in [5.41, 5.74) is 0. The topological polar surface area (TPSA) is 46.9 Å². The zero-order chi connectivity index (χ0) is 32.9. The molecular formula is C41H86N2O2. The average molecular weight is 639 g/mol. The van der Waals surface area contributed by atoms with Crippen molar-refractivity contribution in [3.63, 3.8) is 0 Å². The van der Waals surface area contributed by atoms with E-state index >= 15 is 0 Å². The maximum Gasteiger partial charge on any atom is 0.0987 e. The lowest BCUT2D eigenvalue weighted by Crippen LogP contribution is -2.49. The van der Waals surface area contributed by atoms with Gasteiger partial charge in [0.25, 0.3) is 0 Å². The average Bonchev–Trinajstić information content (AvgIpc) is 3.06. The van der Waals surface area contributed by atoms with E-state index in [1.54, 1.807) is 0 Å². The number of hydrogen-bond acceptors (Lipinski definition) is 4. The third-order valence-electron chi connectivity index (χ3n) is 10.2. The van der Waals surface area contributed by atoms with Crippen molar-refractivity contribution in [2.75, 3.05) is 26.6 Å². The molecule has 0 fully saturated rings. The van der Waals surface area contributed by atoms with Crippen LogP contribution in [0.3, 0.4) is 0 Å². The van der Waals surface area contributed by atoms with E-state index in [0.29, 0.717) is 0 Å². The molecule has 0 saturated heterocycles. The standard InChI is InChI=1S/C41H86N2O2/c1-4-7-9-11-13-15-17-19-21-23-25-27-29-31-33-35-37-42(41(6-3)43(39-44)40-45)38-36-34-32-30-28-26-24-22-20-18-16-14-12-10-8-5-2/h41,44-45H,4-40H2,1-3H3. The van der Waals surface area contributed by atoms with E-state index in [0.717, 1.165) is 19.5 Å². The van der Waals surface area contributed by atoms with Crippen LogP contribution in [-0.4, -0.2) is 52.7 Å². The molecule has 0 radical (unpaired) electrons. The summed E-state index contributed by atoms with van der Waals surface area (Å²) in [6, 6.07) is 0. The summed E-state index contributed by atoms with van der Waals surface area (Å²) < 4.78 is 0. The fraction of sp³-hybridized carbons (Fsp3) is 1.00. The minimum Gasteiger partial charge on any atom is -0.381 e. The molecule has 45 heavy (non-hydrogen) atoms. The van der Waals surface area contributed by atoms with Crippen molar-refractivity contribution in [3.05, 3.63) is 0 Å². The SMILES string of the molecule is CCCCCCCCCCCCCCCCCCN(CCCCCCCCCCCCCCCCCC)C(CC)N(CO)CO. The summed E-state index contributed by atoms with van der Waals surface area (Å²) in [6.45, 7) is 8.83. The summed E-state index contributed by atoms with van der Waals surface area (Å²) in [7, 11) is 0. The minimum atomic E-state index is -0.0660. The van der Waals surface area contributed by atoms with Gasteiger partial charge < -0.3 is 10.2 Å². The first-order valence-corrected chi connectivity index (χ1v) is 20.9. The van der Waals surface area contributed by atoms with Gasteiger partial charge in [0.1, 0.15) is 0 Å². The Hall–Kier alpha value is -0.160. The number of aliphatic hydroxyl groups is 2. The Morgan fingerprint density at radius 3 is 0.733 bits per heavy atom. The Labute approximate surface area is 284 Å². The second kappa shape index (κ2) is 38.3. The molecule has 0 aromatic carbocycles.